The van der Waals surface area contributed by atoms with Crippen molar-refractivity contribution >= 4 is 11.4 Å². The minimum Gasteiger partial charge on any atom is -0.390 e. The molecule has 2 N–H and O–H groups in total. The molecule has 1 rings (SSSR count). The van der Waals surface area contributed by atoms with Crippen molar-refractivity contribution in [2.24, 2.45) is 0 Å². The Balaban J connectivity index is 2.70. The number of nitro benzene ring substituents is 1. The maximum absolute atomic E-state index is 13.3. The molecule has 1 aromatic rings. The summed E-state index contributed by atoms with van der Waals surface area (Å²) in [5.74, 6) is -0.550. The number of benzene rings is 1. The second kappa shape index (κ2) is 5.09. The van der Waals surface area contributed by atoms with E-state index in [-0.39, 0.29) is 11.4 Å². The summed E-state index contributed by atoms with van der Waals surface area (Å²) in [5.41, 5.74) is -0.954. The number of hydrogen-bond acceptors (Lipinski definition) is 4. The molecule has 1 aromatic carbocycles. The van der Waals surface area contributed by atoms with Crippen molar-refractivity contribution in [2.75, 3.05) is 11.9 Å². The van der Waals surface area contributed by atoms with Gasteiger partial charge in [0.05, 0.1) is 16.2 Å². The van der Waals surface area contributed by atoms with Crippen LogP contribution in [0.25, 0.3) is 0 Å². The second-order valence-corrected chi connectivity index (χ2v) is 4.41. The van der Waals surface area contributed by atoms with Crippen LogP contribution in [-0.2, 0) is 0 Å². The second-order valence-electron chi connectivity index (χ2n) is 4.41. The molecule has 0 aromatic heterocycles. The summed E-state index contributed by atoms with van der Waals surface area (Å²) in [6.45, 7) is 3.61. The van der Waals surface area contributed by atoms with Gasteiger partial charge in [-0.1, -0.05) is 0 Å². The minimum absolute atomic E-state index is 0.0726. The average Bonchev–Trinajstić information content (AvgIpc) is 2.18. The first-order valence-electron chi connectivity index (χ1n) is 5.20. The lowest BCUT2D eigenvalue weighted by Gasteiger charge is -2.17. The van der Waals surface area contributed by atoms with E-state index in [1.54, 1.807) is 13.8 Å². The summed E-state index contributed by atoms with van der Waals surface area (Å²) in [4.78, 5) is 9.93. The van der Waals surface area contributed by atoms with Crippen molar-refractivity contribution in [3.8, 4) is 0 Å². The highest BCUT2D eigenvalue weighted by molar-refractivity contribution is 5.52. The zero-order valence-corrected chi connectivity index (χ0v) is 9.74. The first-order valence-corrected chi connectivity index (χ1v) is 5.20. The first kappa shape index (κ1) is 13.4. The number of nitrogens with one attached hydrogen (secondary N) is 1. The van der Waals surface area contributed by atoms with E-state index >= 15 is 0 Å². The lowest BCUT2D eigenvalue weighted by Crippen LogP contribution is -2.22. The highest BCUT2D eigenvalue weighted by Gasteiger charge is 2.14. The highest BCUT2D eigenvalue weighted by Crippen LogP contribution is 2.21. The van der Waals surface area contributed by atoms with Crippen LogP contribution in [0, 0.1) is 15.9 Å². The number of nitrogens with zero attached hydrogens (tertiary/aromatic N) is 1. The number of non-ortho nitro benzene ring substituents is 1. The number of hydrogen-bond donors (Lipinski definition) is 2. The fourth-order valence-electron chi connectivity index (χ4n) is 1.27. The quantitative estimate of drug-likeness (QED) is 0.613. The van der Waals surface area contributed by atoms with Crippen molar-refractivity contribution in [2.45, 2.75) is 25.9 Å². The van der Waals surface area contributed by atoms with Crippen LogP contribution in [0.4, 0.5) is 15.8 Å². The zero-order valence-electron chi connectivity index (χ0n) is 9.74. The molecule has 0 saturated heterocycles. The van der Waals surface area contributed by atoms with Gasteiger partial charge in [0.2, 0.25) is 0 Å². The summed E-state index contributed by atoms with van der Waals surface area (Å²) in [5, 5.41) is 22.7. The van der Waals surface area contributed by atoms with Crippen LogP contribution in [0.3, 0.4) is 0 Å². The number of anilines is 1. The molecule has 0 spiro atoms. The molecule has 17 heavy (non-hydrogen) atoms. The third-order valence-electron chi connectivity index (χ3n) is 2.21. The molecule has 94 valence electrons. The minimum atomic E-state index is -0.857. The number of rotatable bonds is 5. The van der Waals surface area contributed by atoms with E-state index in [0.717, 1.165) is 18.2 Å². The molecular weight excluding hydrogens is 227 g/mol. The summed E-state index contributed by atoms with van der Waals surface area (Å²) in [7, 11) is 0. The number of aliphatic hydroxyl groups is 1. The van der Waals surface area contributed by atoms with Gasteiger partial charge in [0.25, 0.3) is 5.69 Å². The Kier molecular flexibility index (Phi) is 4.01. The van der Waals surface area contributed by atoms with Crippen LogP contribution < -0.4 is 5.32 Å². The van der Waals surface area contributed by atoms with Gasteiger partial charge >= 0.3 is 0 Å². The Morgan fingerprint density at radius 2 is 2.18 bits per heavy atom. The van der Waals surface area contributed by atoms with Crippen molar-refractivity contribution in [3.05, 3.63) is 34.1 Å². The van der Waals surface area contributed by atoms with E-state index in [1.807, 2.05) is 0 Å². The lowest BCUT2D eigenvalue weighted by molar-refractivity contribution is -0.384. The van der Waals surface area contributed by atoms with Crippen LogP contribution in [0.15, 0.2) is 18.2 Å². The van der Waals surface area contributed by atoms with Gasteiger partial charge in [-0.25, -0.2) is 4.39 Å². The predicted octanol–water partition coefficient (Wildman–Crippen LogP) is 2.31. The highest BCUT2D eigenvalue weighted by atomic mass is 19.1. The first-order chi connectivity index (χ1) is 7.79. The van der Waals surface area contributed by atoms with Gasteiger partial charge in [-0.3, -0.25) is 10.1 Å². The topological polar surface area (TPSA) is 75.4 Å². The Hall–Kier alpha value is -1.69. The molecule has 0 amide bonds. The van der Waals surface area contributed by atoms with E-state index in [1.165, 1.54) is 0 Å². The largest absolute Gasteiger partial charge is 0.390 e. The van der Waals surface area contributed by atoms with Crippen LogP contribution in [0.2, 0.25) is 0 Å². The molecule has 0 heterocycles. The van der Waals surface area contributed by atoms with Gasteiger partial charge in [0.15, 0.2) is 0 Å². The molecule has 0 radical (unpaired) electrons. The van der Waals surface area contributed by atoms with Crippen molar-refractivity contribution in [1.82, 2.24) is 0 Å². The zero-order chi connectivity index (χ0) is 13.1. The molecule has 5 nitrogen and oxygen atoms in total. The molecule has 0 atom stereocenters. The summed E-state index contributed by atoms with van der Waals surface area (Å²) in [6.07, 6.45) is 0.412. The monoisotopic (exact) mass is 242 g/mol. The van der Waals surface area contributed by atoms with Crippen molar-refractivity contribution < 1.29 is 14.4 Å². The Morgan fingerprint density at radius 3 is 2.71 bits per heavy atom. The molecule has 0 aliphatic heterocycles. The Bertz CT molecular complexity index is 416. The van der Waals surface area contributed by atoms with Gasteiger partial charge in [0.1, 0.15) is 5.82 Å². The van der Waals surface area contributed by atoms with E-state index in [9.17, 15) is 19.6 Å². The SMILES string of the molecule is CC(C)(O)CCNc1cc([N+](=O)[O-])ccc1F. The molecular formula is C11H15FN2O3. The summed E-state index contributed by atoms with van der Waals surface area (Å²) in [6, 6.07) is 3.29. The fraction of sp³-hybridized carbons (Fsp3) is 0.455. The normalized spacial score (nSPS) is 11.3. The van der Waals surface area contributed by atoms with E-state index in [0.29, 0.717) is 13.0 Å². The maximum atomic E-state index is 13.3. The molecule has 0 saturated carbocycles. The summed E-state index contributed by atoms with van der Waals surface area (Å²) < 4.78 is 13.3. The number of halogens is 1. The van der Waals surface area contributed by atoms with Crippen molar-refractivity contribution in [3.63, 3.8) is 0 Å². The van der Waals surface area contributed by atoms with Crippen molar-refractivity contribution in [1.29, 1.82) is 0 Å². The third kappa shape index (κ3) is 4.36. The lowest BCUT2D eigenvalue weighted by atomic mass is 10.1. The van der Waals surface area contributed by atoms with E-state index in [2.05, 4.69) is 5.32 Å². The molecule has 0 aliphatic rings. The predicted molar refractivity (Wildman–Crippen MR) is 62.5 cm³/mol. The molecule has 0 fully saturated rings. The Labute approximate surface area is 98.4 Å². The van der Waals surface area contributed by atoms with Crippen LogP contribution in [0.1, 0.15) is 20.3 Å². The number of nitro groups is 1. The standard InChI is InChI=1S/C11H15FN2O3/c1-11(2,15)5-6-13-10-7-8(14(16)17)3-4-9(10)12/h3-4,7,13,15H,5-6H2,1-2H3. The fourth-order valence-corrected chi connectivity index (χ4v) is 1.27. The third-order valence-corrected chi connectivity index (χ3v) is 2.21. The van der Waals surface area contributed by atoms with Gasteiger partial charge < -0.3 is 10.4 Å². The van der Waals surface area contributed by atoms with Gasteiger partial charge in [0, 0.05) is 18.7 Å². The van der Waals surface area contributed by atoms with Gasteiger partial charge in [-0.15, -0.1) is 0 Å². The molecule has 0 bridgehead atoms. The Morgan fingerprint density at radius 1 is 1.53 bits per heavy atom. The average molecular weight is 242 g/mol. The van der Waals surface area contributed by atoms with Crippen LogP contribution in [-0.4, -0.2) is 22.2 Å². The molecule has 0 unspecified atom stereocenters. The molecule has 6 heteroatoms. The van der Waals surface area contributed by atoms with Gasteiger partial charge in [-0.05, 0) is 26.3 Å². The van der Waals surface area contributed by atoms with Crippen LogP contribution in [0.5, 0.6) is 0 Å². The van der Waals surface area contributed by atoms with E-state index in [4.69, 9.17) is 0 Å². The van der Waals surface area contributed by atoms with Crippen LogP contribution >= 0.6 is 0 Å². The molecule has 0 aliphatic carbocycles. The smallest absolute Gasteiger partial charge is 0.271 e. The van der Waals surface area contributed by atoms with E-state index < -0.39 is 16.3 Å². The summed E-state index contributed by atoms with van der Waals surface area (Å²) >= 11 is 0. The van der Waals surface area contributed by atoms with Gasteiger partial charge in [-0.2, -0.15) is 0 Å². The maximum Gasteiger partial charge on any atom is 0.271 e.